The van der Waals surface area contributed by atoms with Crippen molar-refractivity contribution in [2.24, 2.45) is 11.3 Å². The van der Waals surface area contributed by atoms with Crippen LogP contribution in [-0.4, -0.2) is 78.4 Å². The molecule has 0 spiro atoms. The molecule has 0 aromatic heterocycles. The van der Waals surface area contributed by atoms with E-state index in [0.29, 0.717) is 32.5 Å². The highest BCUT2D eigenvalue weighted by Crippen LogP contribution is 2.49. The Morgan fingerprint density at radius 3 is 2.62 bits per heavy atom. The predicted octanol–water partition coefficient (Wildman–Crippen LogP) is 0.987. The van der Waals surface area contributed by atoms with E-state index in [-0.39, 0.29) is 29.4 Å². The van der Waals surface area contributed by atoms with Crippen molar-refractivity contribution >= 4 is 21.7 Å². The van der Waals surface area contributed by atoms with Gasteiger partial charge >= 0.3 is 5.97 Å². The predicted molar refractivity (Wildman–Crippen MR) is 97.5 cm³/mol. The van der Waals surface area contributed by atoms with Crippen LogP contribution in [0.1, 0.15) is 46.0 Å². The summed E-state index contributed by atoms with van der Waals surface area (Å²) in [5.41, 5.74) is -0.708. The molecule has 1 amide bonds. The molecule has 0 aromatic rings. The van der Waals surface area contributed by atoms with E-state index in [1.165, 1.54) is 0 Å². The van der Waals surface area contributed by atoms with Gasteiger partial charge in [0.1, 0.15) is 0 Å². The van der Waals surface area contributed by atoms with Crippen LogP contribution in [0.5, 0.6) is 0 Å². The maximum absolute atomic E-state index is 13.2. The monoisotopic (exact) mass is 386 g/mol. The molecule has 1 N–H and O–H groups in total. The number of sulfone groups is 1. The molecule has 1 saturated carbocycles. The number of likely N-dealkylation sites (tertiary alicyclic amines) is 1. The molecule has 3 rings (SSSR count). The fraction of sp³-hybridized carbons (Fsp3) is 0.889. The van der Waals surface area contributed by atoms with Crippen LogP contribution < -0.4 is 0 Å². The molecule has 8 heteroatoms. The van der Waals surface area contributed by atoms with E-state index < -0.39 is 27.3 Å². The van der Waals surface area contributed by atoms with E-state index in [4.69, 9.17) is 0 Å². The third kappa shape index (κ3) is 3.38. The van der Waals surface area contributed by atoms with Crippen LogP contribution in [0.4, 0.5) is 0 Å². The molecular weight excluding hydrogens is 356 g/mol. The number of carbonyl (C=O) groups is 2. The number of hydrogen-bond donors (Lipinski definition) is 1. The maximum atomic E-state index is 13.2. The van der Waals surface area contributed by atoms with Crippen molar-refractivity contribution in [3.8, 4) is 0 Å². The van der Waals surface area contributed by atoms with Crippen LogP contribution in [0.3, 0.4) is 0 Å². The van der Waals surface area contributed by atoms with Crippen LogP contribution in [0.25, 0.3) is 0 Å². The van der Waals surface area contributed by atoms with Gasteiger partial charge in [0.2, 0.25) is 5.91 Å². The van der Waals surface area contributed by atoms with E-state index in [2.05, 4.69) is 0 Å². The number of carbonyl (C=O) groups excluding carboxylic acids is 1. The number of carboxylic acids is 1. The Kier molecular flexibility index (Phi) is 5.36. The fourth-order valence-electron chi connectivity index (χ4n) is 5.10. The van der Waals surface area contributed by atoms with Crippen molar-refractivity contribution in [3.05, 3.63) is 0 Å². The SMILES string of the molecule is CCCN(C(=O)C(C)N1C[C@@H]2CCC[C@@]2(C(=O)O)C1)C1CCS(=O)(=O)C1. The molecule has 3 aliphatic rings. The first-order valence-corrected chi connectivity index (χ1v) is 11.5. The molecule has 2 aliphatic heterocycles. The molecule has 2 heterocycles. The molecule has 0 bridgehead atoms. The summed E-state index contributed by atoms with van der Waals surface area (Å²) in [5, 5.41) is 9.75. The van der Waals surface area contributed by atoms with Crippen LogP contribution in [-0.2, 0) is 19.4 Å². The van der Waals surface area contributed by atoms with Gasteiger partial charge in [-0.25, -0.2) is 8.42 Å². The summed E-state index contributed by atoms with van der Waals surface area (Å²) in [5.74, 6) is -0.494. The van der Waals surface area contributed by atoms with Crippen molar-refractivity contribution in [3.63, 3.8) is 0 Å². The van der Waals surface area contributed by atoms with Crippen LogP contribution in [0, 0.1) is 11.3 Å². The summed E-state index contributed by atoms with van der Waals surface area (Å²) < 4.78 is 23.7. The number of aliphatic carboxylic acids is 1. The average molecular weight is 387 g/mol. The van der Waals surface area contributed by atoms with E-state index >= 15 is 0 Å². The first-order valence-electron chi connectivity index (χ1n) is 9.68. The van der Waals surface area contributed by atoms with E-state index in [9.17, 15) is 23.1 Å². The minimum absolute atomic E-state index is 0.0488. The number of rotatable bonds is 6. The Balaban J connectivity index is 1.73. The van der Waals surface area contributed by atoms with Crippen molar-refractivity contribution < 1.29 is 23.1 Å². The van der Waals surface area contributed by atoms with Gasteiger partial charge in [-0.15, -0.1) is 0 Å². The molecule has 1 aliphatic carbocycles. The summed E-state index contributed by atoms with van der Waals surface area (Å²) in [7, 11) is -3.06. The Morgan fingerprint density at radius 2 is 2.08 bits per heavy atom. The molecule has 2 saturated heterocycles. The lowest BCUT2D eigenvalue weighted by atomic mass is 9.81. The molecule has 0 aromatic carbocycles. The summed E-state index contributed by atoms with van der Waals surface area (Å²) in [6, 6.07) is -0.655. The normalized spacial score (nSPS) is 34.5. The summed E-state index contributed by atoms with van der Waals surface area (Å²) in [4.78, 5) is 28.8. The summed E-state index contributed by atoms with van der Waals surface area (Å²) >= 11 is 0. The zero-order valence-corrected chi connectivity index (χ0v) is 16.5. The largest absolute Gasteiger partial charge is 0.481 e. The second kappa shape index (κ2) is 7.11. The van der Waals surface area contributed by atoms with Gasteiger partial charge in [-0.3, -0.25) is 14.5 Å². The van der Waals surface area contributed by atoms with E-state index in [0.717, 1.165) is 19.3 Å². The first-order chi connectivity index (χ1) is 12.2. The van der Waals surface area contributed by atoms with Gasteiger partial charge in [0.25, 0.3) is 0 Å². The third-order valence-electron chi connectivity index (χ3n) is 6.62. The van der Waals surface area contributed by atoms with Gasteiger partial charge in [-0.2, -0.15) is 0 Å². The van der Waals surface area contributed by atoms with Crippen LogP contribution >= 0.6 is 0 Å². The second-order valence-corrected chi connectivity index (χ2v) is 10.5. The number of nitrogens with zero attached hydrogens (tertiary/aromatic N) is 2. The Labute approximate surface area is 155 Å². The number of fused-ring (bicyclic) bond motifs is 1. The van der Waals surface area contributed by atoms with Gasteiger partial charge in [-0.1, -0.05) is 13.3 Å². The Bertz CT molecular complexity index is 679. The summed E-state index contributed by atoms with van der Waals surface area (Å²) in [6.07, 6.45) is 3.81. The highest BCUT2D eigenvalue weighted by atomic mass is 32.2. The Morgan fingerprint density at radius 1 is 1.35 bits per heavy atom. The zero-order chi connectivity index (χ0) is 19.1. The molecular formula is C18H30N2O5S. The smallest absolute Gasteiger partial charge is 0.311 e. The topological polar surface area (TPSA) is 95.0 Å². The van der Waals surface area contributed by atoms with Crippen LogP contribution in [0.2, 0.25) is 0 Å². The quantitative estimate of drug-likeness (QED) is 0.731. The molecule has 148 valence electrons. The molecule has 7 nitrogen and oxygen atoms in total. The van der Waals surface area contributed by atoms with Crippen molar-refractivity contribution in [1.29, 1.82) is 0 Å². The van der Waals surface area contributed by atoms with E-state index in [1.807, 2.05) is 18.7 Å². The van der Waals surface area contributed by atoms with Gasteiger partial charge in [-0.05, 0) is 38.5 Å². The molecule has 0 radical (unpaired) electrons. The minimum atomic E-state index is -3.06. The molecule has 26 heavy (non-hydrogen) atoms. The Hall–Kier alpha value is -1.15. The lowest BCUT2D eigenvalue weighted by Gasteiger charge is -2.34. The minimum Gasteiger partial charge on any atom is -0.481 e. The van der Waals surface area contributed by atoms with Crippen molar-refractivity contribution in [2.75, 3.05) is 31.1 Å². The van der Waals surface area contributed by atoms with Crippen molar-refractivity contribution in [2.45, 2.75) is 58.0 Å². The molecule has 3 fully saturated rings. The summed E-state index contributed by atoms with van der Waals surface area (Å²) in [6.45, 7) is 5.43. The average Bonchev–Trinajstić information content (AvgIpc) is 3.23. The standard InChI is InChI=1S/C18H30N2O5S/c1-3-8-20(15-6-9-26(24,25)11-15)16(21)13(2)19-10-14-5-4-7-18(14,12-19)17(22)23/h13-15H,3-12H2,1-2H3,(H,22,23)/t13?,14-,15?,18+/m0/s1. The lowest BCUT2D eigenvalue weighted by Crippen LogP contribution is -2.51. The van der Waals surface area contributed by atoms with Gasteiger partial charge < -0.3 is 10.0 Å². The second-order valence-electron chi connectivity index (χ2n) is 8.24. The molecule has 2 unspecified atom stereocenters. The van der Waals surface area contributed by atoms with Crippen molar-refractivity contribution in [1.82, 2.24) is 9.80 Å². The fourth-order valence-corrected chi connectivity index (χ4v) is 6.83. The number of hydrogen-bond acceptors (Lipinski definition) is 5. The first kappa shape index (κ1) is 19.6. The maximum Gasteiger partial charge on any atom is 0.311 e. The highest BCUT2D eigenvalue weighted by molar-refractivity contribution is 7.91. The number of carboxylic acid groups (broad SMARTS) is 1. The third-order valence-corrected chi connectivity index (χ3v) is 8.38. The highest BCUT2D eigenvalue weighted by Gasteiger charge is 2.56. The van der Waals surface area contributed by atoms with Crippen LogP contribution in [0.15, 0.2) is 0 Å². The molecule has 4 atom stereocenters. The van der Waals surface area contributed by atoms with E-state index in [1.54, 1.807) is 4.90 Å². The van der Waals surface area contributed by atoms with Gasteiger partial charge in [0.15, 0.2) is 9.84 Å². The number of amides is 1. The van der Waals surface area contributed by atoms with Gasteiger partial charge in [0, 0.05) is 25.7 Å². The zero-order valence-electron chi connectivity index (χ0n) is 15.7. The lowest BCUT2D eigenvalue weighted by molar-refractivity contribution is -0.150. The van der Waals surface area contributed by atoms with Gasteiger partial charge in [0.05, 0.1) is 23.0 Å².